The van der Waals surface area contributed by atoms with Crippen LogP contribution in [0.15, 0.2) is 0 Å². The Balaban J connectivity index is 3.60. The molecule has 0 radical (unpaired) electrons. The Labute approximate surface area is 128 Å². The lowest BCUT2D eigenvalue weighted by Crippen LogP contribution is -2.11. The lowest BCUT2D eigenvalue weighted by atomic mass is 9.83. The molecule has 118 valence electrons. The Morgan fingerprint density at radius 3 is 2.20 bits per heavy atom. The van der Waals surface area contributed by atoms with Gasteiger partial charge in [0, 0.05) is 6.42 Å². The van der Waals surface area contributed by atoms with Crippen molar-refractivity contribution in [3.05, 3.63) is 0 Å². The summed E-state index contributed by atoms with van der Waals surface area (Å²) >= 11 is 0. The van der Waals surface area contributed by atoms with Crippen molar-refractivity contribution in [1.82, 2.24) is 4.67 Å². The molecule has 0 aliphatic carbocycles. The van der Waals surface area contributed by atoms with Crippen molar-refractivity contribution in [3.8, 4) is 0 Å². The summed E-state index contributed by atoms with van der Waals surface area (Å²) in [5.41, 5.74) is 0. The summed E-state index contributed by atoms with van der Waals surface area (Å²) in [5.74, 6) is 1.88. The Kier molecular flexibility index (Phi) is 14.4. The molecule has 2 unspecified atom stereocenters. The zero-order valence-electron chi connectivity index (χ0n) is 14.4. The molecule has 0 aromatic carbocycles. The highest BCUT2D eigenvalue weighted by molar-refractivity contribution is 5.57. The van der Waals surface area contributed by atoms with E-state index in [0.29, 0.717) is 0 Å². The fourth-order valence-corrected chi connectivity index (χ4v) is 3.11. The van der Waals surface area contributed by atoms with E-state index in [4.69, 9.17) is 0 Å². The topological polar surface area (TPSA) is 14.1 Å². The number of unbranched alkanes of at least 4 members (excludes halogenated alkanes) is 7. The van der Waals surface area contributed by atoms with Gasteiger partial charge in [-0.3, -0.25) is 0 Å². The van der Waals surface area contributed by atoms with Crippen molar-refractivity contribution in [1.29, 1.82) is 0 Å². The first-order valence-corrected chi connectivity index (χ1v) is 9.03. The molecule has 0 aromatic heterocycles. The van der Waals surface area contributed by atoms with Gasteiger partial charge in [0.15, 0.2) is 0 Å². The van der Waals surface area contributed by atoms with Gasteiger partial charge in [-0.25, -0.2) is 0 Å². The van der Waals surface area contributed by atoms with E-state index in [1.807, 2.05) is 6.21 Å². The van der Waals surface area contributed by atoms with Gasteiger partial charge in [-0.2, -0.15) is 0 Å². The summed E-state index contributed by atoms with van der Waals surface area (Å²) in [6, 6.07) is 0. The number of hydrogen-bond acceptors (Lipinski definition) is 0. The molecule has 0 heterocycles. The molecule has 0 N–H and O–H groups in total. The zero-order chi connectivity index (χ0) is 15.1. The second-order valence-corrected chi connectivity index (χ2v) is 6.35. The average molecular weight is 281 g/mol. The minimum Gasteiger partial charge on any atom is -0.114 e. The first-order valence-electron chi connectivity index (χ1n) is 9.03. The van der Waals surface area contributed by atoms with Crippen LogP contribution in [0.2, 0.25) is 0 Å². The van der Waals surface area contributed by atoms with Crippen LogP contribution in [-0.4, -0.2) is 12.9 Å². The maximum Gasteiger partial charge on any atom is 0.268 e. The van der Waals surface area contributed by atoms with Gasteiger partial charge in [0.05, 0.1) is 0 Å². The van der Waals surface area contributed by atoms with E-state index in [1.54, 1.807) is 0 Å². The largest absolute Gasteiger partial charge is 0.268 e. The summed E-state index contributed by atoms with van der Waals surface area (Å²) < 4.78 is 3.78. The van der Waals surface area contributed by atoms with Crippen molar-refractivity contribution >= 4 is 12.9 Å². The third kappa shape index (κ3) is 11.3. The first kappa shape index (κ1) is 19.4. The van der Waals surface area contributed by atoms with Crippen molar-refractivity contribution in [2.45, 2.75) is 97.8 Å². The molecule has 0 rings (SSSR count). The molecule has 20 heavy (non-hydrogen) atoms. The van der Waals surface area contributed by atoms with Crippen LogP contribution >= 0.6 is 0 Å². The second kappa shape index (κ2) is 14.9. The van der Waals surface area contributed by atoms with Gasteiger partial charge < -0.3 is 0 Å². The molecule has 0 amide bonds. The van der Waals surface area contributed by atoms with Crippen LogP contribution in [0.5, 0.6) is 0 Å². The van der Waals surface area contributed by atoms with E-state index < -0.39 is 0 Å². The van der Waals surface area contributed by atoms with E-state index in [1.165, 1.54) is 70.6 Å². The molecule has 0 spiro atoms. The van der Waals surface area contributed by atoms with Crippen LogP contribution in [0.1, 0.15) is 97.8 Å². The van der Waals surface area contributed by atoms with Crippen LogP contribution in [0.3, 0.4) is 0 Å². The van der Waals surface area contributed by atoms with Gasteiger partial charge in [-0.1, -0.05) is 85.0 Å². The third-order valence-electron chi connectivity index (χ3n) is 4.63. The van der Waals surface area contributed by atoms with Crippen molar-refractivity contribution in [3.63, 3.8) is 0 Å². The summed E-state index contributed by atoms with van der Waals surface area (Å²) in [7, 11) is 0. The molecule has 0 aliphatic rings. The van der Waals surface area contributed by atoms with Gasteiger partial charge >= 0.3 is 0 Å². The average Bonchev–Trinajstić information content (AvgIpc) is 2.46. The quantitative estimate of drug-likeness (QED) is 0.217. The maximum absolute atomic E-state index is 3.78. The highest BCUT2D eigenvalue weighted by atomic mass is 14.5. The van der Waals surface area contributed by atoms with Gasteiger partial charge in [0.1, 0.15) is 0 Å². The Morgan fingerprint density at radius 2 is 1.55 bits per heavy atom. The van der Waals surface area contributed by atoms with Crippen LogP contribution in [0, 0.1) is 11.8 Å². The molecule has 0 saturated heterocycles. The summed E-state index contributed by atoms with van der Waals surface area (Å²) in [5, 5.41) is 0. The molecular weight excluding hydrogens is 242 g/mol. The molecule has 0 bridgehead atoms. The van der Waals surface area contributed by atoms with Gasteiger partial charge in [-0.05, 0) is 18.3 Å². The number of hydrogen-bond donors (Lipinski definition) is 0. The molecular formula is C19H38N+. The zero-order valence-corrected chi connectivity index (χ0v) is 14.4. The molecule has 1 heteroatoms. The lowest BCUT2D eigenvalue weighted by Gasteiger charge is -2.22. The normalized spacial score (nSPS) is 13.8. The van der Waals surface area contributed by atoms with E-state index in [0.717, 1.165) is 18.3 Å². The van der Waals surface area contributed by atoms with Crippen LogP contribution in [0.25, 0.3) is 0 Å². The third-order valence-corrected chi connectivity index (χ3v) is 4.63. The Morgan fingerprint density at radius 1 is 0.900 bits per heavy atom. The molecule has 0 aliphatic heterocycles. The minimum absolute atomic E-state index is 0.926. The lowest BCUT2D eigenvalue weighted by molar-refractivity contribution is 0.291. The highest BCUT2D eigenvalue weighted by Crippen LogP contribution is 2.27. The predicted molar refractivity (Wildman–Crippen MR) is 94.7 cm³/mol. The fraction of sp³-hybridized carbons (Fsp3) is 0.895. The highest BCUT2D eigenvalue weighted by Gasteiger charge is 2.14. The molecule has 0 fully saturated rings. The van der Waals surface area contributed by atoms with Crippen LogP contribution in [-0.2, 0) is 0 Å². The second-order valence-electron chi connectivity index (χ2n) is 6.35. The smallest absolute Gasteiger partial charge is 0.114 e. The molecule has 2 atom stereocenters. The van der Waals surface area contributed by atoms with Crippen LogP contribution < -0.4 is 4.67 Å². The maximum atomic E-state index is 3.78. The van der Waals surface area contributed by atoms with Crippen molar-refractivity contribution < 1.29 is 0 Å². The van der Waals surface area contributed by atoms with Gasteiger partial charge in [0.2, 0.25) is 0 Å². The Hall–Kier alpha value is -0.550. The summed E-state index contributed by atoms with van der Waals surface area (Å²) in [4.78, 5) is 0. The number of rotatable bonds is 14. The minimum atomic E-state index is 0.926. The molecule has 0 aromatic rings. The standard InChI is InChI=1S/C19H38N/c1-5-7-8-12-15-18(3)19(6-2)16-13-10-9-11-14-17-20-4/h17-19H,4-16H2,1-3H3/q+1. The number of nitrogens with zero attached hydrogens (tertiary/aromatic N) is 1. The van der Waals surface area contributed by atoms with Crippen molar-refractivity contribution in [2.24, 2.45) is 11.8 Å². The Bertz CT molecular complexity index is 240. The van der Waals surface area contributed by atoms with E-state index >= 15 is 0 Å². The fourth-order valence-electron chi connectivity index (χ4n) is 3.11. The van der Waals surface area contributed by atoms with Crippen LogP contribution in [0.4, 0.5) is 0 Å². The summed E-state index contributed by atoms with van der Waals surface area (Å²) in [6.07, 6.45) is 18.4. The SMILES string of the molecule is C=[N+]=CCCCCCCC(CC)C(C)CCCCCC. The predicted octanol–water partition coefficient (Wildman–Crippen LogP) is 5.80. The molecule has 0 saturated carbocycles. The molecule has 1 nitrogen and oxygen atoms in total. The van der Waals surface area contributed by atoms with E-state index in [9.17, 15) is 0 Å². The van der Waals surface area contributed by atoms with E-state index in [2.05, 4.69) is 32.2 Å². The van der Waals surface area contributed by atoms with E-state index in [-0.39, 0.29) is 0 Å². The van der Waals surface area contributed by atoms with Gasteiger partial charge in [0.25, 0.3) is 12.9 Å². The van der Waals surface area contributed by atoms with Gasteiger partial charge in [-0.15, -0.1) is 4.67 Å². The van der Waals surface area contributed by atoms with Crippen molar-refractivity contribution in [2.75, 3.05) is 0 Å². The first-order chi connectivity index (χ1) is 9.76. The summed E-state index contributed by atoms with van der Waals surface area (Å²) in [6.45, 7) is 10.6. The monoisotopic (exact) mass is 280 g/mol.